The first-order valence-electron chi connectivity index (χ1n) is 26.1. The van der Waals surface area contributed by atoms with Crippen molar-refractivity contribution in [3.63, 3.8) is 0 Å². The minimum absolute atomic E-state index is 0.0395. The number of morpholine rings is 1. The smallest absolute Gasteiger partial charge is 0.315 e. The molecule has 0 aromatic heterocycles. The van der Waals surface area contributed by atoms with E-state index in [9.17, 15) is 39.6 Å². The first kappa shape index (κ1) is 53.8. The van der Waals surface area contributed by atoms with Crippen molar-refractivity contribution in [1.29, 1.82) is 0 Å². The van der Waals surface area contributed by atoms with Gasteiger partial charge in [0.15, 0.2) is 11.4 Å². The van der Waals surface area contributed by atoms with Crippen LogP contribution in [0.1, 0.15) is 96.0 Å². The zero-order chi connectivity index (χ0) is 52.4. The SMILES string of the molecule is C/C1=C/C=C/C(C)[C@H](O)[C@@H](C)C(O)C[C@H](OC(=O)CC(=O)N2CCN(CCN3CCOCC3)CC2)CC/C=C/O[C@@]2(C)Oc3c(C)c(O)c4c(O)c(c5c(c4c3C2=O)=NC2(CCN(CC(C)C)CC2)N=5)NC1=O. The van der Waals surface area contributed by atoms with Crippen molar-refractivity contribution >= 4 is 40.0 Å². The summed E-state index contributed by atoms with van der Waals surface area (Å²) in [6.07, 6.45) is 5.83. The number of piperazine rings is 1. The molecule has 0 radical (unpaired) electrons. The highest BCUT2D eigenvalue weighted by Gasteiger charge is 2.50. The van der Waals surface area contributed by atoms with E-state index in [1.54, 1.807) is 56.9 Å². The van der Waals surface area contributed by atoms with Gasteiger partial charge in [0.25, 0.3) is 11.7 Å². The number of phenolic OH excluding ortho intramolecular Hbond substituents is 2. The highest BCUT2D eigenvalue weighted by atomic mass is 16.7. The Labute approximate surface area is 427 Å². The number of likely N-dealkylation sites (tertiary alicyclic amines) is 1. The molecule has 7 heterocycles. The van der Waals surface area contributed by atoms with Gasteiger partial charge in [-0.2, -0.15) is 0 Å². The lowest BCUT2D eigenvalue weighted by atomic mass is 9.86. The standard InChI is InChI=1S/C54H75N7O12/c1-32(2)31-60-16-14-54(15-17-60)56-44-41-42-48(66)36(6)50-43(41)51(68)53(7,73-50)71-26-9-8-13-37(72-40(64)30-39(63)61-22-20-58(21-23-61)18-19-59-24-27-70-28-25-59)29-38(62)35(5)47(65)33(3)11-10-12-34(4)52(69)55-46(49(42)67)45(44)57-54/h9-12,26,32-33,35,37-38,47,62,65-67H,8,13-25,27-31H2,1-7H3,(H,55,69)/b11-10+,26-9+,34-12-/t33?,35-,37+,38?,47-,53-/m0/s1. The van der Waals surface area contributed by atoms with Gasteiger partial charge in [0, 0.05) is 127 Å². The molecule has 2 aromatic carbocycles. The van der Waals surface area contributed by atoms with Crippen LogP contribution in [0.25, 0.3) is 10.8 Å². The number of Topliss-reactive ketones (excluding diaryl/α,β-unsaturated/α-hetero) is 1. The number of ether oxygens (including phenoxy) is 4. The van der Waals surface area contributed by atoms with E-state index >= 15 is 0 Å². The fraction of sp³-hybridized carbons (Fsp3) is 0.630. The van der Waals surface area contributed by atoms with Gasteiger partial charge < -0.3 is 54.5 Å². The first-order chi connectivity index (χ1) is 34.8. The van der Waals surface area contributed by atoms with E-state index in [2.05, 4.69) is 33.9 Å². The molecule has 5 N–H and O–H groups in total. The van der Waals surface area contributed by atoms with Crippen molar-refractivity contribution in [2.75, 3.05) is 90.5 Å². The largest absolute Gasteiger partial charge is 0.507 e. The molecule has 3 fully saturated rings. The second-order valence-corrected chi connectivity index (χ2v) is 21.4. The van der Waals surface area contributed by atoms with Gasteiger partial charge >= 0.3 is 11.8 Å². The molecule has 7 aliphatic heterocycles. The summed E-state index contributed by atoms with van der Waals surface area (Å²) in [6.45, 7) is 22.2. The van der Waals surface area contributed by atoms with E-state index in [1.165, 1.54) is 13.2 Å². The lowest BCUT2D eigenvalue weighted by Crippen LogP contribution is -2.51. The zero-order valence-corrected chi connectivity index (χ0v) is 43.5. The normalized spacial score (nSPS) is 29.2. The number of benzene rings is 2. The number of phenols is 2. The second kappa shape index (κ2) is 22.6. The molecule has 3 saturated heterocycles. The summed E-state index contributed by atoms with van der Waals surface area (Å²) in [5.74, 6) is -5.71. The van der Waals surface area contributed by atoms with Gasteiger partial charge in [0.05, 0.1) is 48.0 Å². The van der Waals surface area contributed by atoms with E-state index in [1.807, 2.05) is 0 Å². The molecule has 2 amide bonds. The van der Waals surface area contributed by atoms with Crippen LogP contribution < -0.4 is 20.8 Å². The molecule has 19 heteroatoms. The Kier molecular flexibility index (Phi) is 16.7. The van der Waals surface area contributed by atoms with Gasteiger partial charge in [0.2, 0.25) is 5.91 Å². The molecule has 0 aliphatic carbocycles. The van der Waals surface area contributed by atoms with E-state index in [0.29, 0.717) is 58.0 Å². The van der Waals surface area contributed by atoms with Crippen LogP contribution in [0.2, 0.25) is 0 Å². The predicted octanol–water partition coefficient (Wildman–Crippen LogP) is 3.48. The summed E-state index contributed by atoms with van der Waals surface area (Å²) in [5, 5.41) is 50.3. The van der Waals surface area contributed by atoms with Crippen molar-refractivity contribution in [3.05, 3.63) is 58.0 Å². The van der Waals surface area contributed by atoms with Gasteiger partial charge in [-0.15, -0.1) is 0 Å². The number of amides is 2. The third-order valence-electron chi connectivity index (χ3n) is 15.4. The number of allylic oxidation sites excluding steroid dienone is 3. The Morgan fingerprint density at radius 1 is 0.904 bits per heavy atom. The number of anilines is 1. The monoisotopic (exact) mass is 1010 g/mol. The number of fused-ring (bicyclic) bond motifs is 13. The number of nitrogens with one attached hydrogen (secondary N) is 1. The average molecular weight is 1010 g/mol. The Balaban J connectivity index is 1.05. The highest BCUT2D eigenvalue weighted by molar-refractivity contribution is 6.19. The highest BCUT2D eigenvalue weighted by Crippen LogP contribution is 2.50. The number of ketones is 1. The average Bonchev–Trinajstić information content (AvgIpc) is 3.86. The number of hydrogen-bond donors (Lipinski definition) is 5. The van der Waals surface area contributed by atoms with Crippen LogP contribution >= 0.6 is 0 Å². The molecular weight excluding hydrogens is 939 g/mol. The van der Waals surface area contributed by atoms with E-state index in [4.69, 9.17) is 28.9 Å². The molecule has 2 unspecified atom stereocenters. The molecule has 6 atom stereocenters. The van der Waals surface area contributed by atoms with E-state index < -0.39 is 71.4 Å². The minimum atomic E-state index is -1.93. The summed E-state index contributed by atoms with van der Waals surface area (Å²) >= 11 is 0. The molecule has 1 spiro atoms. The quantitative estimate of drug-likeness (QED) is 0.145. The topological polar surface area (TPSA) is 236 Å². The molecule has 9 rings (SSSR count). The molecule has 19 nitrogen and oxygen atoms in total. The third kappa shape index (κ3) is 11.8. The number of rotatable bonds is 8. The minimum Gasteiger partial charge on any atom is -0.507 e. The number of carbonyl (C=O) groups excluding carboxylic acids is 4. The van der Waals surface area contributed by atoms with Crippen LogP contribution in [-0.2, 0) is 28.6 Å². The molecule has 73 heavy (non-hydrogen) atoms. The van der Waals surface area contributed by atoms with Crippen LogP contribution in [0.5, 0.6) is 17.2 Å². The summed E-state index contributed by atoms with van der Waals surface area (Å²) in [4.78, 5) is 74.7. The lowest BCUT2D eigenvalue weighted by molar-refractivity contribution is -0.155. The van der Waals surface area contributed by atoms with Crippen molar-refractivity contribution in [2.45, 2.75) is 117 Å². The number of piperidine rings is 1. The molecule has 0 saturated carbocycles. The Bertz CT molecular complexity index is 2650. The molecule has 398 valence electrons. The first-order valence-corrected chi connectivity index (χ1v) is 26.1. The fourth-order valence-corrected chi connectivity index (χ4v) is 10.8. The van der Waals surface area contributed by atoms with Crippen LogP contribution in [0.15, 0.2) is 46.1 Å². The van der Waals surface area contributed by atoms with Gasteiger partial charge in [-0.1, -0.05) is 45.9 Å². The van der Waals surface area contributed by atoms with Crippen molar-refractivity contribution in [2.24, 2.45) is 27.7 Å². The number of aliphatic hydroxyl groups excluding tert-OH is 2. The number of nitrogens with zero attached hydrogens (tertiary/aromatic N) is 6. The van der Waals surface area contributed by atoms with Crippen molar-refractivity contribution in [3.8, 4) is 17.2 Å². The maximum absolute atomic E-state index is 14.8. The Morgan fingerprint density at radius 2 is 1.58 bits per heavy atom. The Hall–Kier alpha value is -5.44. The van der Waals surface area contributed by atoms with Gasteiger partial charge in [-0.05, 0) is 38.7 Å². The lowest BCUT2D eigenvalue weighted by Gasteiger charge is -2.36. The maximum atomic E-state index is 14.8. The van der Waals surface area contributed by atoms with Gasteiger partial charge in [-0.25, -0.2) is 0 Å². The van der Waals surface area contributed by atoms with Crippen LogP contribution in [0, 0.1) is 24.7 Å². The number of aliphatic hydroxyl groups is 2. The Morgan fingerprint density at radius 3 is 2.26 bits per heavy atom. The molecule has 7 aliphatic rings. The zero-order valence-electron chi connectivity index (χ0n) is 43.5. The second-order valence-electron chi connectivity index (χ2n) is 21.4. The predicted molar refractivity (Wildman–Crippen MR) is 272 cm³/mol. The van der Waals surface area contributed by atoms with Gasteiger partial charge in [-0.3, -0.25) is 39.0 Å². The molecule has 5 bridgehead atoms. The summed E-state index contributed by atoms with van der Waals surface area (Å²) in [5.41, 5.74) is -0.579. The van der Waals surface area contributed by atoms with Crippen molar-refractivity contribution in [1.82, 2.24) is 19.6 Å². The molecular formula is C54H75N7O12. The summed E-state index contributed by atoms with van der Waals surface area (Å²) in [7, 11) is 0. The van der Waals surface area contributed by atoms with Crippen LogP contribution in [0.4, 0.5) is 5.69 Å². The van der Waals surface area contributed by atoms with E-state index in [0.717, 1.165) is 45.9 Å². The summed E-state index contributed by atoms with van der Waals surface area (Å²) < 4.78 is 23.8. The number of aromatic hydroxyl groups is 2. The molecule has 2 aromatic rings. The van der Waals surface area contributed by atoms with Gasteiger partial charge in [0.1, 0.15) is 35.1 Å². The maximum Gasteiger partial charge on any atom is 0.315 e. The third-order valence-corrected chi connectivity index (χ3v) is 15.4. The van der Waals surface area contributed by atoms with Crippen molar-refractivity contribution < 1.29 is 58.6 Å². The summed E-state index contributed by atoms with van der Waals surface area (Å²) in [6, 6.07) is 0. The number of carbonyl (C=O) groups is 4. The van der Waals surface area contributed by atoms with E-state index in [-0.39, 0.29) is 80.5 Å². The fourth-order valence-electron chi connectivity index (χ4n) is 10.8. The van der Waals surface area contributed by atoms with Crippen LogP contribution in [-0.4, -0.2) is 179 Å². The van der Waals surface area contributed by atoms with Crippen LogP contribution in [0.3, 0.4) is 0 Å². The number of esters is 1. The number of hydrogen-bond acceptors (Lipinski definition) is 17.